The average molecular weight is 383 g/mol. The first-order valence-corrected chi connectivity index (χ1v) is 9.79. The monoisotopic (exact) mass is 383 g/mol. The lowest BCUT2D eigenvalue weighted by atomic mass is 10.1. The van der Waals surface area contributed by atoms with Crippen molar-refractivity contribution in [3.63, 3.8) is 0 Å². The van der Waals surface area contributed by atoms with Gasteiger partial charge < -0.3 is 5.32 Å². The third-order valence-electron chi connectivity index (χ3n) is 4.84. The summed E-state index contributed by atoms with van der Waals surface area (Å²) < 4.78 is 1.96. The van der Waals surface area contributed by atoms with E-state index >= 15 is 0 Å². The van der Waals surface area contributed by atoms with E-state index < -0.39 is 0 Å². The van der Waals surface area contributed by atoms with E-state index in [4.69, 9.17) is 5.10 Å². The van der Waals surface area contributed by atoms with Crippen LogP contribution >= 0.6 is 0 Å². The summed E-state index contributed by atoms with van der Waals surface area (Å²) in [6.07, 6.45) is 5.72. The molecule has 2 heterocycles. The number of nitrogens with one attached hydrogen (secondary N) is 1. The van der Waals surface area contributed by atoms with E-state index in [1.165, 1.54) is 11.1 Å². The highest BCUT2D eigenvalue weighted by molar-refractivity contribution is 5.64. The molecule has 0 spiro atoms. The van der Waals surface area contributed by atoms with Gasteiger partial charge in [0.2, 0.25) is 0 Å². The smallest absolute Gasteiger partial charge is 0.0972 e. The lowest BCUT2D eigenvalue weighted by molar-refractivity contribution is 0.676. The molecule has 0 aliphatic heterocycles. The Kier molecular flexibility index (Phi) is 5.49. The maximum absolute atomic E-state index is 4.91. The minimum Gasteiger partial charge on any atom is -0.307 e. The molecule has 29 heavy (non-hydrogen) atoms. The van der Waals surface area contributed by atoms with Crippen molar-refractivity contribution in [3.8, 4) is 16.9 Å². The van der Waals surface area contributed by atoms with Gasteiger partial charge in [0.25, 0.3) is 0 Å². The van der Waals surface area contributed by atoms with Gasteiger partial charge >= 0.3 is 0 Å². The van der Waals surface area contributed by atoms with Crippen LogP contribution in [0, 0.1) is 20.8 Å². The molecular weight excluding hydrogens is 358 g/mol. The summed E-state index contributed by atoms with van der Waals surface area (Å²) >= 11 is 0. The Morgan fingerprint density at radius 3 is 2.41 bits per heavy atom. The van der Waals surface area contributed by atoms with Crippen molar-refractivity contribution in [1.29, 1.82) is 0 Å². The van der Waals surface area contributed by atoms with Gasteiger partial charge in [-0.1, -0.05) is 41.5 Å². The fraction of sp³-hybridized carbons (Fsp3) is 0.208. The molecule has 0 aliphatic rings. The molecule has 0 saturated heterocycles. The first-order chi connectivity index (χ1) is 14.1. The van der Waals surface area contributed by atoms with Crippen molar-refractivity contribution >= 4 is 0 Å². The standard InChI is InChI=1S/C24H25N5/c1-17-7-9-23(10-8-17)29-16-21(13-25-14-22-15-26-19(3)12-27-22)24(28-29)20-6-4-5-18(2)11-20/h4-12,15-16,25H,13-14H2,1-3H3. The highest BCUT2D eigenvalue weighted by Crippen LogP contribution is 2.25. The van der Waals surface area contributed by atoms with Crippen LogP contribution in [0.5, 0.6) is 0 Å². The van der Waals surface area contributed by atoms with Crippen molar-refractivity contribution in [2.45, 2.75) is 33.9 Å². The van der Waals surface area contributed by atoms with Crippen LogP contribution in [0.25, 0.3) is 16.9 Å². The summed E-state index contributed by atoms with van der Waals surface area (Å²) in [6.45, 7) is 7.50. The minimum atomic E-state index is 0.663. The molecule has 2 aromatic heterocycles. The zero-order valence-corrected chi connectivity index (χ0v) is 17.1. The Hall–Kier alpha value is -3.31. The summed E-state index contributed by atoms with van der Waals surface area (Å²) in [5.41, 5.74) is 8.64. The first-order valence-electron chi connectivity index (χ1n) is 9.79. The van der Waals surface area contributed by atoms with Gasteiger partial charge in [0.1, 0.15) is 0 Å². The molecule has 4 rings (SSSR count). The largest absolute Gasteiger partial charge is 0.307 e. The van der Waals surface area contributed by atoms with Gasteiger partial charge in [0, 0.05) is 42.8 Å². The van der Waals surface area contributed by atoms with E-state index in [-0.39, 0.29) is 0 Å². The Bertz CT molecular complexity index is 1100. The van der Waals surface area contributed by atoms with Crippen LogP contribution < -0.4 is 5.32 Å². The van der Waals surface area contributed by atoms with Crippen molar-refractivity contribution in [2.75, 3.05) is 0 Å². The third kappa shape index (κ3) is 4.58. The van der Waals surface area contributed by atoms with Gasteiger partial charge in [-0.25, -0.2) is 4.68 Å². The topological polar surface area (TPSA) is 55.6 Å². The summed E-state index contributed by atoms with van der Waals surface area (Å²) in [5.74, 6) is 0. The van der Waals surface area contributed by atoms with Crippen LogP contribution in [0.2, 0.25) is 0 Å². The van der Waals surface area contributed by atoms with Gasteiger partial charge in [-0.05, 0) is 39.0 Å². The number of hydrogen-bond acceptors (Lipinski definition) is 4. The van der Waals surface area contributed by atoms with Gasteiger partial charge in [-0.3, -0.25) is 9.97 Å². The molecule has 0 atom stereocenters. The van der Waals surface area contributed by atoms with Crippen molar-refractivity contribution in [1.82, 2.24) is 25.1 Å². The number of hydrogen-bond donors (Lipinski definition) is 1. The molecule has 4 aromatic rings. The molecule has 0 radical (unpaired) electrons. The van der Waals surface area contributed by atoms with E-state index in [9.17, 15) is 0 Å². The van der Waals surface area contributed by atoms with Gasteiger partial charge in [-0.15, -0.1) is 0 Å². The molecule has 5 heteroatoms. The zero-order valence-electron chi connectivity index (χ0n) is 17.1. The van der Waals surface area contributed by atoms with E-state index in [2.05, 4.69) is 83.9 Å². The molecule has 5 nitrogen and oxygen atoms in total. The molecular formula is C24H25N5. The minimum absolute atomic E-state index is 0.663. The second kappa shape index (κ2) is 8.37. The number of aryl methyl sites for hydroxylation is 3. The van der Waals surface area contributed by atoms with Crippen LogP contribution in [-0.4, -0.2) is 19.7 Å². The second-order valence-electron chi connectivity index (χ2n) is 7.41. The maximum atomic E-state index is 4.91. The van der Waals surface area contributed by atoms with Crippen molar-refractivity contribution < 1.29 is 0 Å². The predicted molar refractivity (Wildman–Crippen MR) is 116 cm³/mol. The van der Waals surface area contributed by atoms with Gasteiger partial charge in [-0.2, -0.15) is 5.10 Å². The van der Waals surface area contributed by atoms with Crippen molar-refractivity contribution in [2.24, 2.45) is 0 Å². The molecule has 0 aliphatic carbocycles. The molecule has 0 amide bonds. The maximum Gasteiger partial charge on any atom is 0.0972 e. The zero-order chi connectivity index (χ0) is 20.2. The van der Waals surface area contributed by atoms with Crippen LogP contribution in [0.1, 0.15) is 28.1 Å². The molecule has 0 bridgehead atoms. The van der Waals surface area contributed by atoms with Crippen LogP contribution in [0.15, 0.2) is 67.1 Å². The Morgan fingerprint density at radius 1 is 0.862 bits per heavy atom. The summed E-state index contributed by atoms with van der Waals surface area (Å²) in [5, 5.41) is 8.39. The van der Waals surface area contributed by atoms with Crippen LogP contribution in [0.4, 0.5) is 0 Å². The van der Waals surface area contributed by atoms with Crippen LogP contribution in [-0.2, 0) is 13.1 Å². The molecule has 0 saturated carbocycles. The molecule has 2 aromatic carbocycles. The third-order valence-corrected chi connectivity index (χ3v) is 4.84. The SMILES string of the molecule is Cc1ccc(-n2cc(CNCc3cnc(C)cn3)c(-c3cccc(C)c3)n2)cc1. The molecule has 146 valence electrons. The molecule has 0 fully saturated rings. The number of rotatable bonds is 6. The fourth-order valence-electron chi connectivity index (χ4n) is 3.24. The highest BCUT2D eigenvalue weighted by Gasteiger charge is 2.12. The van der Waals surface area contributed by atoms with E-state index in [0.29, 0.717) is 13.1 Å². The fourth-order valence-corrected chi connectivity index (χ4v) is 3.24. The lowest BCUT2D eigenvalue weighted by Gasteiger charge is -2.06. The van der Waals surface area contributed by atoms with Crippen molar-refractivity contribution in [3.05, 3.63) is 95.2 Å². The average Bonchev–Trinajstić information content (AvgIpc) is 3.14. The van der Waals surface area contributed by atoms with E-state index in [0.717, 1.165) is 33.9 Å². The van der Waals surface area contributed by atoms with Gasteiger partial charge in [0.15, 0.2) is 0 Å². The van der Waals surface area contributed by atoms with E-state index in [1.807, 2.05) is 17.8 Å². The highest BCUT2D eigenvalue weighted by atomic mass is 15.3. The Morgan fingerprint density at radius 2 is 1.69 bits per heavy atom. The summed E-state index contributed by atoms with van der Waals surface area (Å²) in [7, 11) is 0. The number of aromatic nitrogens is 4. The Labute approximate surface area is 171 Å². The lowest BCUT2D eigenvalue weighted by Crippen LogP contribution is -2.14. The number of benzene rings is 2. The first kappa shape index (κ1) is 19.0. The van der Waals surface area contributed by atoms with E-state index in [1.54, 1.807) is 6.20 Å². The quantitative estimate of drug-likeness (QED) is 0.531. The summed E-state index contributed by atoms with van der Waals surface area (Å²) in [4.78, 5) is 8.73. The summed E-state index contributed by atoms with van der Waals surface area (Å²) in [6, 6.07) is 16.9. The van der Waals surface area contributed by atoms with Crippen LogP contribution in [0.3, 0.4) is 0 Å². The molecule has 1 N–H and O–H groups in total. The second-order valence-corrected chi connectivity index (χ2v) is 7.41. The Balaban J connectivity index is 1.61. The molecule has 0 unspecified atom stereocenters. The predicted octanol–water partition coefficient (Wildman–Crippen LogP) is 4.54. The normalized spacial score (nSPS) is 11.0. The van der Waals surface area contributed by atoms with Gasteiger partial charge in [0.05, 0.1) is 22.8 Å². The number of nitrogens with zero attached hydrogens (tertiary/aromatic N) is 4.